The average Bonchev–Trinajstić information content (AvgIpc) is 2.30. The molecule has 0 saturated heterocycles. The first-order valence-corrected chi connectivity index (χ1v) is 6.48. The molecule has 0 radical (unpaired) electrons. The Morgan fingerprint density at radius 3 is 2.48 bits per heavy atom. The quantitative estimate of drug-likeness (QED) is 0.856. The Kier molecular flexibility index (Phi) is 5.59. The van der Waals surface area contributed by atoms with Crippen molar-refractivity contribution in [1.29, 1.82) is 0 Å². The van der Waals surface area contributed by atoms with E-state index in [1.165, 1.54) is 6.07 Å². The summed E-state index contributed by atoms with van der Waals surface area (Å²) >= 11 is 3.25. The van der Waals surface area contributed by atoms with Gasteiger partial charge in [0.15, 0.2) is 0 Å². The van der Waals surface area contributed by atoms with Gasteiger partial charge >= 0.3 is 18.2 Å². The summed E-state index contributed by atoms with van der Waals surface area (Å²) in [7, 11) is 0. The van der Waals surface area contributed by atoms with Crippen LogP contribution in [0.3, 0.4) is 0 Å². The Balaban J connectivity index is 2.84. The average molecular weight is 369 g/mol. The molecule has 0 unspecified atom stereocenters. The maximum Gasteiger partial charge on any atom is 0.406 e. The van der Waals surface area contributed by atoms with Crippen LogP contribution < -0.4 is 5.32 Å². The van der Waals surface area contributed by atoms with Crippen molar-refractivity contribution in [2.45, 2.75) is 13.1 Å². The lowest BCUT2D eigenvalue weighted by Gasteiger charge is -2.22. The Bertz CT molecular complexity index is 549. The molecular formula is C12H12BrF3N2O3. The fraction of sp³-hybridized carbons (Fsp3) is 0.333. The Morgan fingerprint density at radius 2 is 2.00 bits per heavy atom. The fourth-order valence-corrected chi connectivity index (χ4v) is 1.75. The summed E-state index contributed by atoms with van der Waals surface area (Å²) in [5, 5.41) is 10.8. The number of aliphatic carboxylic acids is 1. The predicted octanol–water partition coefficient (Wildman–Crippen LogP) is 3.24. The van der Waals surface area contributed by atoms with Crippen LogP contribution in [0.4, 0.5) is 23.7 Å². The van der Waals surface area contributed by atoms with E-state index < -0.39 is 31.3 Å². The molecule has 0 spiro atoms. The van der Waals surface area contributed by atoms with Gasteiger partial charge in [0.05, 0.1) is 0 Å². The molecular weight excluding hydrogens is 357 g/mol. The molecule has 0 saturated carbocycles. The predicted molar refractivity (Wildman–Crippen MR) is 73.2 cm³/mol. The van der Waals surface area contributed by atoms with E-state index in [4.69, 9.17) is 5.11 Å². The lowest BCUT2D eigenvalue weighted by molar-refractivity contribution is -0.148. The molecule has 0 bridgehead atoms. The van der Waals surface area contributed by atoms with Crippen LogP contribution in [0.1, 0.15) is 5.56 Å². The second-order valence-corrected chi connectivity index (χ2v) is 5.11. The second kappa shape index (κ2) is 6.79. The highest BCUT2D eigenvalue weighted by molar-refractivity contribution is 9.10. The molecule has 0 aliphatic heterocycles. The van der Waals surface area contributed by atoms with E-state index >= 15 is 0 Å². The number of anilines is 1. The number of hydrogen-bond acceptors (Lipinski definition) is 2. The van der Waals surface area contributed by atoms with Gasteiger partial charge in [0.2, 0.25) is 0 Å². The van der Waals surface area contributed by atoms with Gasteiger partial charge < -0.3 is 15.3 Å². The molecule has 1 aromatic carbocycles. The molecule has 1 aromatic rings. The highest BCUT2D eigenvalue weighted by atomic mass is 79.9. The van der Waals surface area contributed by atoms with Gasteiger partial charge in [0.25, 0.3) is 0 Å². The number of hydrogen-bond donors (Lipinski definition) is 2. The molecule has 9 heteroatoms. The van der Waals surface area contributed by atoms with E-state index in [1.54, 1.807) is 19.1 Å². The van der Waals surface area contributed by atoms with Crippen molar-refractivity contribution in [2.75, 3.05) is 18.4 Å². The summed E-state index contributed by atoms with van der Waals surface area (Å²) < 4.78 is 37.8. The van der Waals surface area contributed by atoms with Gasteiger partial charge in [0.1, 0.15) is 13.1 Å². The first-order valence-electron chi connectivity index (χ1n) is 5.69. The van der Waals surface area contributed by atoms with Crippen molar-refractivity contribution in [3.05, 3.63) is 28.2 Å². The molecule has 0 atom stereocenters. The zero-order valence-corrected chi connectivity index (χ0v) is 12.5. The third-order valence-corrected chi connectivity index (χ3v) is 3.28. The largest absolute Gasteiger partial charge is 0.480 e. The maximum absolute atomic E-state index is 12.4. The van der Waals surface area contributed by atoms with E-state index in [1.807, 2.05) is 0 Å². The summed E-state index contributed by atoms with van der Waals surface area (Å²) in [5.41, 5.74) is 1.05. The number of halogens is 4. The number of carboxylic acids is 1. The van der Waals surface area contributed by atoms with Crippen LogP contribution in [0.2, 0.25) is 0 Å². The third-order valence-electron chi connectivity index (χ3n) is 2.39. The van der Waals surface area contributed by atoms with Crippen molar-refractivity contribution in [2.24, 2.45) is 0 Å². The van der Waals surface area contributed by atoms with E-state index in [2.05, 4.69) is 21.2 Å². The van der Waals surface area contributed by atoms with E-state index in [0.717, 1.165) is 10.0 Å². The van der Waals surface area contributed by atoms with E-state index in [9.17, 15) is 22.8 Å². The van der Waals surface area contributed by atoms with Crippen LogP contribution in [0.25, 0.3) is 0 Å². The molecule has 5 nitrogen and oxygen atoms in total. The lowest BCUT2D eigenvalue weighted by Crippen LogP contribution is -2.44. The number of benzene rings is 1. The van der Waals surface area contributed by atoms with Crippen LogP contribution >= 0.6 is 15.9 Å². The highest BCUT2D eigenvalue weighted by Gasteiger charge is 2.34. The number of nitrogens with zero attached hydrogens (tertiary/aromatic N) is 1. The number of urea groups is 1. The molecule has 0 heterocycles. The second-order valence-electron chi connectivity index (χ2n) is 4.26. The summed E-state index contributed by atoms with van der Waals surface area (Å²) in [6.07, 6.45) is -4.68. The standard InChI is InChI=1S/C12H12BrF3N2O3/c1-7-4-8(2-3-9(7)13)17-11(21)18(5-10(19)20)6-12(14,15)16/h2-4H,5-6H2,1H3,(H,17,21)(H,19,20). The third kappa shape index (κ3) is 6.03. The van der Waals surface area contributed by atoms with Crippen molar-refractivity contribution in [3.63, 3.8) is 0 Å². The smallest absolute Gasteiger partial charge is 0.406 e. The van der Waals surface area contributed by atoms with Crippen molar-refractivity contribution in [1.82, 2.24) is 4.90 Å². The van der Waals surface area contributed by atoms with Crippen molar-refractivity contribution >= 4 is 33.6 Å². The summed E-state index contributed by atoms with van der Waals surface area (Å²) in [5.74, 6) is -1.53. The summed E-state index contributed by atoms with van der Waals surface area (Å²) in [6.45, 7) is -0.939. The zero-order chi connectivity index (χ0) is 16.2. The molecule has 2 amide bonds. The molecule has 21 heavy (non-hydrogen) atoms. The Morgan fingerprint density at radius 1 is 1.38 bits per heavy atom. The summed E-state index contributed by atoms with van der Waals surface area (Å²) in [6, 6.07) is 3.53. The molecule has 116 valence electrons. The normalized spacial score (nSPS) is 11.1. The first kappa shape index (κ1) is 17.3. The Labute approximate surface area is 126 Å². The van der Waals surface area contributed by atoms with Gasteiger partial charge in [-0.2, -0.15) is 13.2 Å². The van der Waals surface area contributed by atoms with E-state index in [0.29, 0.717) is 0 Å². The summed E-state index contributed by atoms with van der Waals surface area (Å²) in [4.78, 5) is 22.5. The van der Waals surface area contributed by atoms with Gasteiger partial charge in [-0.15, -0.1) is 0 Å². The van der Waals surface area contributed by atoms with Crippen LogP contribution in [0.15, 0.2) is 22.7 Å². The number of carbonyl (C=O) groups excluding carboxylic acids is 1. The molecule has 0 aromatic heterocycles. The van der Waals surface area contributed by atoms with Gasteiger partial charge in [-0.1, -0.05) is 15.9 Å². The molecule has 0 aliphatic rings. The minimum absolute atomic E-state index is 0.180. The highest BCUT2D eigenvalue weighted by Crippen LogP contribution is 2.21. The number of amides is 2. The van der Waals surface area contributed by atoms with Crippen LogP contribution in [-0.2, 0) is 4.79 Å². The molecule has 2 N–H and O–H groups in total. The zero-order valence-electron chi connectivity index (χ0n) is 10.9. The molecule has 1 rings (SSSR count). The number of aryl methyl sites for hydroxylation is 1. The lowest BCUT2D eigenvalue weighted by atomic mass is 10.2. The number of carbonyl (C=O) groups is 2. The Hall–Kier alpha value is -1.77. The van der Waals surface area contributed by atoms with Gasteiger partial charge in [0, 0.05) is 10.2 Å². The maximum atomic E-state index is 12.4. The van der Waals surface area contributed by atoms with Crippen LogP contribution in [0.5, 0.6) is 0 Å². The number of carboxylic acid groups (broad SMARTS) is 1. The number of nitrogens with one attached hydrogen (secondary N) is 1. The van der Waals surface area contributed by atoms with Gasteiger partial charge in [-0.05, 0) is 30.7 Å². The minimum Gasteiger partial charge on any atom is -0.480 e. The van der Waals surface area contributed by atoms with Gasteiger partial charge in [-0.3, -0.25) is 4.79 Å². The number of rotatable bonds is 4. The van der Waals surface area contributed by atoms with Crippen molar-refractivity contribution < 1.29 is 27.9 Å². The fourth-order valence-electron chi connectivity index (χ4n) is 1.50. The van der Waals surface area contributed by atoms with Crippen LogP contribution in [0, 0.1) is 6.92 Å². The van der Waals surface area contributed by atoms with Crippen molar-refractivity contribution in [3.8, 4) is 0 Å². The SMILES string of the molecule is Cc1cc(NC(=O)N(CC(=O)O)CC(F)(F)F)ccc1Br. The number of alkyl halides is 3. The molecule has 0 aliphatic carbocycles. The monoisotopic (exact) mass is 368 g/mol. The van der Waals surface area contributed by atoms with E-state index in [-0.39, 0.29) is 10.6 Å². The topological polar surface area (TPSA) is 69.6 Å². The van der Waals surface area contributed by atoms with Crippen LogP contribution in [-0.4, -0.2) is 41.3 Å². The van der Waals surface area contributed by atoms with Gasteiger partial charge in [-0.25, -0.2) is 4.79 Å². The molecule has 0 fully saturated rings. The first-order chi connectivity index (χ1) is 9.58. The minimum atomic E-state index is -4.68.